The number of ether oxygens (including phenoxy) is 4. The molecule has 2 saturated heterocycles. The van der Waals surface area contributed by atoms with Gasteiger partial charge in [-0.25, -0.2) is 0 Å². The van der Waals surface area contributed by atoms with E-state index in [1.807, 2.05) is 13.8 Å². The van der Waals surface area contributed by atoms with Crippen LogP contribution in [-0.4, -0.2) is 55.9 Å². The summed E-state index contributed by atoms with van der Waals surface area (Å²) in [4.78, 5) is 0. The molecule has 18 heavy (non-hydrogen) atoms. The Kier molecular flexibility index (Phi) is 6.51. The molecule has 2 aliphatic heterocycles. The van der Waals surface area contributed by atoms with Crippen LogP contribution >= 0.6 is 32.9 Å². The maximum atomic E-state index is 5.87. The molecule has 7 heteroatoms. The molecule has 0 aliphatic carbocycles. The van der Waals surface area contributed by atoms with E-state index in [9.17, 15) is 0 Å². The Bertz CT molecular complexity index is 267. The van der Waals surface area contributed by atoms with Gasteiger partial charge >= 0.3 is 0 Å². The zero-order chi connectivity index (χ0) is 12.5. The topological polar surface area (TPSA) is 49.0 Å². The van der Waals surface area contributed by atoms with Crippen LogP contribution in [0.15, 0.2) is 0 Å². The van der Waals surface area contributed by atoms with Gasteiger partial charge in [0.05, 0.1) is 0 Å². The highest BCUT2D eigenvalue weighted by Gasteiger charge is 2.55. The highest BCUT2D eigenvalue weighted by Crippen LogP contribution is 2.38. The van der Waals surface area contributed by atoms with Crippen molar-refractivity contribution in [1.82, 2.24) is 5.32 Å². The minimum absolute atomic E-state index is 0. The molecule has 2 fully saturated rings. The first-order valence-corrected chi connectivity index (χ1v) is 7.00. The third kappa shape index (κ3) is 3.65. The molecule has 0 radical (unpaired) electrons. The van der Waals surface area contributed by atoms with Crippen molar-refractivity contribution in [3.8, 4) is 0 Å². The van der Waals surface area contributed by atoms with E-state index in [2.05, 4.69) is 21.2 Å². The quantitative estimate of drug-likeness (QED) is 0.568. The summed E-state index contributed by atoms with van der Waals surface area (Å²) in [6.45, 7) is 5.48. The van der Waals surface area contributed by atoms with Crippen molar-refractivity contribution in [2.75, 3.05) is 25.5 Å². The van der Waals surface area contributed by atoms with Crippen LogP contribution in [0.25, 0.3) is 0 Å². The van der Waals surface area contributed by atoms with Crippen LogP contribution in [0.5, 0.6) is 0 Å². The van der Waals surface area contributed by atoms with Gasteiger partial charge in [0, 0.05) is 25.5 Å². The van der Waals surface area contributed by atoms with Crippen LogP contribution < -0.4 is 5.32 Å². The molecule has 0 aromatic heterocycles. The van der Waals surface area contributed by atoms with Gasteiger partial charge in [0.15, 0.2) is 12.1 Å². The Labute approximate surface area is 127 Å². The molecule has 0 aromatic rings. The molecule has 4 atom stereocenters. The Morgan fingerprint density at radius 1 is 1.28 bits per heavy atom. The summed E-state index contributed by atoms with van der Waals surface area (Å²) < 4.78 is 22.7. The number of alkyl halides is 1. The molecular formula is C11H21Br2NO4. The lowest BCUT2D eigenvalue weighted by Gasteiger charge is -2.23. The zero-order valence-electron chi connectivity index (χ0n) is 10.8. The highest BCUT2D eigenvalue weighted by atomic mass is 79.9. The van der Waals surface area contributed by atoms with E-state index < -0.39 is 5.79 Å². The van der Waals surface area contributed by atoms with Crippen LogP contribution in [0, 0.1) is 0 Å². The van der Waals surface area contributed by atoms with E-state index >= 15 is 0 Å². The maximum Gasteiger partial charge on any atom is 0.186 e. The van der Waals surface area contributed by atoms with Gasteiger partial charge in [-0.1, -0.05) is 15.9 Å². The lowest BCUT2D eigenvalue weighted by molar-refractivity contribution is -0.226. The van der Waals surface area contributed by atoms with E-state index in [0.717, 1.165) is 18.4 Å². The molecule has 0 bridgehead atoms. The summed E-state index contributed by atoms with van der Waals surface area (Å²) in [7, 11) is 1.63. The van der Waals surface area contributed by atoms with Crippen LogP contribution in [0.3, 0.4) is 0 Å². The van der Waals surface area contributed by atoms with Crippen molar-refractivity contribution in [2.45, 2.75) is 44.2 Å². The normalized spacial score (nSPS) is 37.3. The van der Waals surface area contributed by atoms with Crippen molar-refractivity contribution in [3.63, 3.8) is 0 Å². The first-order valence-electron chi connectivity index (χ1n) is 5.88. The fraction of sp³-hybridized carbons (Fsp3) is 1.00. The lowest BCUT2D eigenvalue weighted by Crippen LogP contribution is -2.38. The predicted molar refractivity (Wildman–Crippen MR) is 76.5 cm³/mol. The van der Waals surface area contributed by atoms with Gasteiger partial charge in [0.25, 0.3) is 0 Å². The summed E-state index contributed by atoms with van der Waals surface area (Å²) in [6.07, 6.45) is -0.549. The summed E-state index contributed by atoms with van der Waals surface area (Å²) in [5, 5.41) is 4.22. The molecule has 2 rings (SSSR count). The second-order valence-corrected chi connectivity index (χ2v) is 5.53. The molecule has 1 N–H and O–H groups in total. The van der Waals surface area contributed by atoms with Crippen LogP contribution in [-0.2, 0) is 18.9 Å². The van der Waals surface area contributed by atoms with E-state index in [-0.39, 0.29) is 41.6 Å². The van der Waals surface area contributed by atoms with Gasteiger partial charge in [0.1, 0.15) is 18.3 Å². The monoisotopic (exact) mass is 389 g/mol. The fourth-order valence-corrected chi connectivity index (χ4v) is 2.59. The van der Waals surface area contributed by atoms with Gasteiger partial charge in [0.2, 0.25) is 0 Å². The number of fused-ring (bicyclic) bond motifs is 1. The summed E-state index contributed by atoms with van der Waals surface area (Å²) in [5.41, 5.74) is 0. The third-order valence-corrected chi connectivity index (χ3v) is 3.35. The predicted octanol–water partition coefficient (Wildman–Crippen LogP) is 1.44. The minimum atomic E-state index is -0.552. The Hall–Kier alpha value is 0.760. The molecule has 5 nitrogen and oxygen atoms in total. The molecule has 2 heterocycles. The molecule has 0 spiro atoms. The number of nitrogens with one attached hydrogen (secondary N) is 1. The molecule has 2 aliphatic rings. The second-order valence-electron chi connectivity index (χ2n) is 4.74. The van der Waals surface area contributed by atoms with E-state index in [0.29, 0.717) is 0 Å². The number of methoxy groups -OCH3 is 1. The Morgan fingerprint density at radius 3 is 2.56 bits per heavy atom. The first-order chi connectivity index (χ1) is 8.07. The van der Waals surface area contributed by atoms with Crippen LogP contribution in [0.4, 0.5) is 0 Å². The molecule has 4 unspecified atom stereocenters. The number of halogens is 2. The van der Waals surface area contributed by atoms with Gasteiger partial charge < -0.3 is 24.3 Å². The number of hydrogen-bond acceptors (Lipinski definition) is 5. The summed E-state index contributed by atoms with van der Waals surface area (Å²) >= 11 is 3.38. The summed E-state index contributed by atoms with van der Waals surface area (Å²) in [6, 6.07) is 0. The minimum Gasteiger partial charge on any atom is -0.353 e. The van der Waals surface area contributed by atoms with E-state index in [4.69, 9.17) is 18.9 Å². The average molecular weight is 391 g/mol. The number of hydrogen-bond donors (Lipinski definition) is 1. The Morgan fingerprint density at radius 2 is 1.94 bits per heavy atom. The van der Waals surface area contributed by atoms with Gasteiger partial charge in [-0.2, -0.15) is 0 Å². The summed E-state index contributed by atoms with van der Waals surface area (Å²) in [5.74, 6) is -0.552. The van der Waals surface area contributed by atoms with Crippen molar-refractivity contribution in [2.24, 2.45) is 0 Å². The largest absolute Gasteiger partial charge is 0.353 e. The lowest BCUT2D eigenvalue weighted by atomic mass is 10.1. The van der Waals surface area contributed by atoms with Crippen LogP contribution in [0.2, 0.25) is 0 Å². The SMILES string of the molecule is Br.COC1OC(CNCCBr)C2OC(C)(C)OC12. The van der Waals surface area contributed by atoms with E-state index in [1.54, 1.807) is 7.11 Å². The molecular weight excluding hydrogens is 370 g/mol. The smallest absolute Gasteiger partial charge is 0.186 e. The van der Waals surface area contributed by atoms with Crippen molar-refractivity contribution < 1.29 is 18.9 Å². The molecule has 108 valence electrons. The van der Waals surface area contributed by atoms with Crippen molar-refractivity contribution >= 4 is 32.9 Å². The third-order valence-electron chi connectivity index (χ3n) is 2.96. The van der Waals surface area contributed by atoms with Gasteiger partial charge in [-0.05, 0) is 13.8 Å². The maximum absolute atomic E-state index is 5.87. The standard InChI is InChI=1S/C11H20BrNO4.BrH/c1-11(2)16-8-7(6-13-5-4-12)15-10(14-3)9(8)17-11;/h7-10,13H,4-6H2,1-3H3;1H. The van der Waals surface area contributed by atoms with Crippen molar-refractivity contribution in [1.29, 1.82) is 0 Å². The molecule has 0 aromatic carbocycles. The van der Waals surface area contributed by atoms with Gasteiger partial charge in [-0.15, -0.1) is 17.0 Å². The first kappa shape index (κ1) is 16.8. The van der Waals surface area contributed by atoms with E-state index in [1.165, 1.54) is 0 Å². The van der Waals surface area contributed by atoms with Crippen molar-refractivity contribution in [3.05, 3.63) is 0 Å². The zero-order valence-corrected chi connectivity index (χ0v) is 14.1. The Balaban J connectivity index is 0.00000162. The second kappa shape index (κ2) is 6.97. The van der Waals surface area contributed by atoms with Crippen LogP contribution in [0.1, 0.15) is 13.8 Å². The molecule has 0 saturated carbocycles. The molecule has 0 amide bonds. The number of rotatable bonds is 5. The van der Waals surface area contributed by atoms with Gasteiger partial charge in [-0.3, -0.25) is 0 Å². The highest BCUT2D eigenvalue weighted by molar-refractivity contribution is 9.09. The fourth-order valence-electron chi connectivity index (χ4n) is 2.31. The average Bonchev–Trinajstić information content (AvgIpc) is 2.73.